The number of unbranched alkanes of at least 4 members (excludes halogenated alkanes) is 24. The number of hydrogen-bond donors (Lipinski definition) is 0. The summed E-state index contributed by atoms with van der Waals surface area (Å²) < 4.78 is 22.7. The standard InChI is InChI=1S/C36H71O3P.Nd/c1-3-5-7-9-11-13-15-17-19-21-23-25-27-29-31-33-35-38-40(37)39-36-34-32-30-28-26-24-22-20-18-16-14-12-10-8-6-4-2;/h17-20,40H,3-16,21-36H2,1-2H3;. The summed E-state index contributed by atoms with van der Waals surface area (Å²) >= 11 is 0. The van der Waals surface area contributed by atoms with Gasteiger partial charge in [0.1, 0.15) is 0 Å². The second-order valence-corrected chi connectivity index (χ2v) is 12.9. The van der Waals surface area contributed by atoms with E-state index < -0.39 is 8.25 Å². The largest absolute Gasteiger partial charge is 0.319 e. The molecule has 0 N–H and O–H groups in total. The van der Waals surface area contributed by atoms with Crippen LogP contribution in [0.1, 0.15) is 194 Å². The number of allylic oxidation sites excluding steroid dienone is 4. The van der Waals surface area contributed by atoms with Gasteiger partial charge in [-0.25, -0.2) is 0 Å². The number of hydrogen-bond acceptors (Lipinski definition) is 3. The minimum Gasteiger partial charge on any atom is -0.311 e. The molecule has 0 aromatic heterocycles. The van der Waals surface area contributed by atoms with Crippen LogP contribution >= 0.6 is 8.25 Å². The molecule has 0 saturated carbocycles. The van der Waals surface area contributed by atoms with Gasteiger partial charge in [-0.15, -0.1) is 0 Å². The van der Waals surface area contributed by atoms with E-state index in [4.69, 9.17) is 9.05 Å². The predicted octanol–water partition coefficient (Wildman–Crippen LogP) is 13.5. The van der Waals surface area contributed by atoms with Crippen molar-refractivity contribution in [2.75, 3.05) is 13.2 Å². The molecule has 0 fully saturated rings. The summed E-state index contributed by atoms with van der Waals surface area (Å²) in [5.41, 5.74) is 0. The second-order valence-electron chi connectivity index (χ2n) is 11.8. The molecule has 0 saturated heterocycles. The maximum atomic E-state index is 11.9. The van der Waals surface area contributed by atoms with Gasteiger partial charge in [-0.3, -0.25) is 4.57 Å². The fourth-order valence-electron chi connectivity index (χ4n) is 5.05. The van der Waals surface area contributed by atoms with Gasteiger partial charge >= 0.3 is 8.25 Å². The monoisotopic (exact) mass is 724 g/mol. The van der Waals surface area contributed by atoms with Crippen molar-refractivity contribution in [3.8, 4) is 0 Å². The Kier molecular flexibility index (Phi) is 44.1. The van der Waals surface area contributed by atoms with Gasteiger partial charge in [0, 0.05) is 40.8 Å². The van der Waals surface area contributed by atoms with Crippen LogP contribution in [-0.2, 0) is 13.6 Å². The van der Waals surface area contributed by atoms with Gasteiger partial charge in [-0.2, -0.15) is 0 Å². The van der Waals surface area contributed by atoms with Crippen LogP contribution in [0.4, 0.5) is 0 Å². The van der Waals surface area contributed by atoms with Crippen LogP contribution in [0.5, 0.6) is 0 Å². The Labute approximate surface area is 291 Å². The van der Waals surface area contributed by atoms with Crippen molar-refractivity contribution in [3.63, 3.8) is 0 Å². The third kappa shape index (κ3) is 41.0. The molecular weight excluding hydrogens is 656 g/mol. The first-order chi connectivity index (χ1) is 19.8. The molecule has 0 aliphatic heterocycles. The molecule has 0 amide bonds. The van der Waals surface area contributed by atoms with E-state index in [2.05, 4.69) is 38.2 Å². The molecule has 0 unspecified atom stereocenters. The molecule has 5 heteroatoms. The molecule has 0 aromatic rings. The van der Waals surface area contributed by atoms with Crippen LogP contribution in [0.2, 0.25) is 0 Å². The topological polar surface area (TPSA) is 35.5 Å². The molecular formula is C36H71NdO3P. The molecule has 0 bridgehead atoms. The summed E-state index contributed by atoms with van der Waals surface area (Å²) in [6.45, 7) is 5.71. The minimum absolute atomic E-state index is 0. The van der Waals surface area contributed by atoms with Gasteiger partial charge in [0.2, 0.25) is 0 Å². The van der Waals surface area contributed by atoms with Crippen molar-refractivity contribution in [1.29, 1.82) is 0 Å². The van der Waals surface area contributed by atoms with E-state index in [-0.39, 0.29) is 40.8 Å². The van der Waals surface area contributed by atoms with Gasteiger partial charge in [0.05, 0.1) is 13.2 Å². The Morgan fingerprint density at radius 3 is 0.927 bits per heavy atom. The molecule has 0 aliphatic carbocycles. The number of rotatable bonds is 34. The van der Waals surface area contributed by atoms with Crippen LogP contribution in [0, 0.1) is 40.8 Å². The summed E-state index contributed by atoms with van der Waals surface area (Å²) in [6, 6.07) is 0. The van der Waals surface area contributed by atoms with Gasteiger partial charge < -0.3 is 9.05 Å². The van der Waals surface area contributed by atoms with Crippen molar-refractivity contribution in [2.45, 2.75) is 194 Å². The Morgan fingerprint density at radius 1 is 0.390 bits per heavy atom. The van der Waals surface area contributed by atoms with Gasteiger partial charge in [0.25, 0.3) is 0 Å². The first-order valence-corrected chi connectivity index (χ1v) is 19.1. The summed E-state index contributed by atoms with van der Waals surface area (Å²) in [5, 5.41) is 0. The average Bonchev–Trinajstić information content (AvgIpc) is 2.96. The molecule has 0 atom stereocenters. The van der Waals surface area contributed by atoms with Gasteiger partial charge in [0.15, 0.2) is 0 Å². The maximum absolute atomic E-state index is 11.9. The normalized spacial score (nSPS) is 12.4. The summed E-state index contributed by atoms with van der Waals surface area (Å²) in [5.74, 6) is 0. The Morgan fingerprint density at radius 2 is 0.634 bits per heavy atom. The maximum Gasteiger partial charge on any atom is 0.319 e. The van der Waals surface area contributed by atoms with Crippen LogP contribution < -0.4 is 0 Å². The average molecular weight is 727 g/mol. The summed E-state index contributed by atoms with van der Waals surface area (Å²) in [7, 11) is -2.29. The van der Waals surface area contributed by atoms with E-state index in [1.165, 1.54) is 154 Å². The van der Waals surface area contributed by atoms with Gasteiger partial charge in [-0.05, 0) is 64.2 Å². The fourth-order valence-corrected chi connectivity index (χ4v) is 5.76. The quantitative estimate of drug-likeness (QED) is 0.0376. The third-order valence-electron chi connectivity index (χ3n) is 7.75. The zero-order chi connectivity index (χ0) is 29.0. The van der Waals surface area contributed by atoms with E-state index in [1.807, 2.05) is 0 Å². The third-order valence-corrected chi connectivity index (χ3v) is 8.63. The molecule has 0 radical (unpaired) electrons. The zero-order valence-electron chi connectivity index (χ0n) is 27.7. The molecule has 41 heavy (non-hydrogen) atoms. The van der Waals surface area contributed by atoms with Crippen molar-refractivity contribution in [2.24, 2.45) is 0 Å². The minimum atomic E-state index is -2.29. The van der Waals surface area contributed by atoms with Crippen molar-refractivity contribution < 1.29 is 54.5 Å². The molecule has 0 heterocycles. The summed E-state index contributed by atoms with van der Waals surface area (Å²) in [6.07, 6.45) is 45.8. The molecule has 0 aromatic carbocycles. The Bertz CT molecular complexity index is 507. The second kappa shape index (κ2) is 41.0. The van der Waals surface area contributed by atoms with E-state index in [0.717, 1.165) is 25.7 Å². The van der Waals surface area contributed by atoms with Crippen LogP contribution in [-0.4, -0.2) is 13.2 Å². The molecule has 0 spiro atoms. The Hall–Kier alpha value is 0.981. The van der Waals surface area contributed by atoms with Gasteiger partial charge in [-0.1, -0.05) is 154 Å². The molecule has 0 aliphatic rings. The zero-order valence-corrected chi connectivity index (χ0v) is 32.0. The Balaban J connectivity index is 0. The molecule has 3 nitrogen and oxygen atoms in total. The van der Waals surface area contributed by atoms with Crippen LogP contribution in [0.3, 0.4) is 0 Å². The van der Waals surface area contributed by atoms with Crippen molar-refractivity contribution in [1.82, 2.24) is 0 Å². The molecule has 0 rings (SSSR count). The SMILES string of the molecule is CCCCCCCCC=CCCCCCCCCO[PH](=O)OCCCCCCCCC=CCCCCCCCC.[Nd]. The fraction of sp³-hybridized carbons (Fsp3) is 0.889. The molecule has 242 valence electrons. The smallest absolute Gasteiger partial charge is 0.311 e. The van der Waals surface area contributed by atoms with Crippen molar-refractivity contribution >= 4 is 8.25 Å². The van der Waals surface area contributed by atoms with Crippen LogP contribution in [0.15, 0.2) is 24.3 Å². The summed E-state index contributed by atoms with van der Waals surface area (Å²) in [4.78, 5) is 0. The first-order valence-electron chi connectivity index (χ1n) is 17.9. The van der Waals surface area contributed by atoms with E-state index in [0.29, 0.717) is 13.2 Å². The van der Waals surface area contributed by atoms with Crippen LogP contribution in [0.25, 0.3) is 0 Å². The van der Waals surface area contributed by atoms with E-state index in [9.17, 15) is 4.57 Å². The van der Waals surface area contributed by atoms with E-state index >= 15 is 0 Å². The van der Waals surface area contributed by atoms with E-state index in [1.54, 1.807) is 0 Å². The first kappa shape index (κ1) is 44.1. The van der Waals surface area contributed by atoms with Crippen molar-refractivity contribution in [3.05, 3.63) is 24.3 Å². The predicted molar refractivity (Wildman–Crippen MR) is 180 cm³/mol.